The van der Waals surface area contributed by atoms with Gasteiger partial charge in [0.15, 0.2) is 5.43 Å². The maximum absolute atomic E-state index is 13.5. The molecule has 3 heterocycles. The predicted octanol–water partition coefficient (Wildman–Crippen LogP) is 4.45. The van der Waals surface area contributed by atoms with Crippen molar-refractivity contribution in [2.24, 2.45) is 0 Å². The number of furan rings is 1. The number of hydrogen-bond donors (Lipinski definition) is 0. The van der Waals surface area contributed by atoms with Crippen LogP contribution in [0.4, 0.5) is 0 Å². The zero-order chi connectivity index (χ0) is 20.8. The standard InChI is InChI=1S/C24H19NO5/c1-14-5-10-19-18(12-14)22(26)20-21(15-6-8-16(28-2)9-7-15)25(24(27)23(20)30-19)13-17-4-3-11-29-17/h3-12,21H,13H2,1-2H3. The van der Waals surface area contributed by atoms with Crippen molar-refractivity contribution in [1.29, 1.82) is 0 Å². The Morgan fingerprint density at radius 1 is 1.07 bits per heavy atom. The van der Waals surface area contributed by atoms with Crippen LogP contribution in [0.1, 0.15) is 39.0 Å². The van der Waals surface area contributed by atoms with E-state index in [1.54, 1.807) is 42.5 Å². The number of methoxy groups -OCH3 is 1. The number of hydrogen-bond acceptors (Lipinski definition) is 5. The minimum atomic E-state index is -0.579. The Labute approximate surface area is 172 Å². The molecule has 2 aromatic carbocycles. The van der Waals surface area contributed by atoms with E-state index in [-0.39, 0.29) is 23.6 Å². The first-order valence-electron chi connectivity index (χ1n) is 9.61. The van der Waals surface area contributed by atoms with E-state index in [0.717, 1.165) is 11.1 Å². The van der Waals surface area contributed by atoms with Crippen LogP contribution in [0.5, 0.6) is 5.75 Å². The van der Waals surface area contributed by atoms with Crippen LogP contribution in [0, 0.1) is 6.92 Å². The van der Waals surface area contributed by atoms with Crippen LogP contribution in [-0.4, -0.2) is 17.9 Å². The van der Waals surface area contributed by atoms with Crippen LogP contribution in [0.3, 0.4) is 0 Å². The number of aryl methyl sites for hydroxylation is 1. The molecule has 0 aliphatic carbocycles. The number of carbonyl (C=O) groups is 1. The summed E-state index contributed by atoms with van der Waals surface area (Å²) >= 11 is 0. The molecule has 1 amide bonds. The van der Waals surface area contributed by atoms with Gasteiger partial charge in [-0.05, 0) is 48.9 Å². The lowest BCUT2D eigenvalue weighted by atomic mass is 9.98. The van der Waals surface area contributed by atoms with Crippen molar-refractivity contribution in [3.05, 3.63) is 99.3 Å². The molecule has 6 nitrogen and oxygen atoms in total. The van der Waals surface area contributed by atoms with Crippen LogP contribution in [0.25, 0.3) is 11.0 Å². The predicted molar refractivity (Wildman–Crippen MR) is 111 cm³/mol. The Morgan fingerprint density at radius 2 is 1.87 bits per heavy atom. The van der Waals surface area contributed by atoms with Gasteiger partial charge in [0.2, 0.25) is 5.76 Å². The fourth-order valence-electron chi connectivity index (χ4n) is 4.00. The highest BCUT2D eigenvalue weighted by atomic mass is 16.5. The van der Waals surface area contributed by atoms with E-state index in [4.69, 9.17) is 13.6 Å². The molecule has 0 radical (unpaired) electrons. The fraction of sp³-hybridized carbons (Fsp3) is 0.167. The van der Waals surface area contributed by atoms with Gasteiger partial charge in [0, 0.05) is 0 Å². The lowest BCUT2D eigenvalue weighted by Gasteiger charge is -2.24. The molecule has 6 heteroatoms. The third kappa shape index (κ3) is 2.80. The SMILES string of the molecule is COc1ccc(C2c3c(oc4ccc(C)cc4c3=O)C(=O)N2Cc2ccco2)cc1. The number of fused-ring (bicyclic) bond motifs is 2. The summed E-state index contributed by atoms with van der Waals surface area (Å²) in [5, 5.41) is 0.472. The first-order chi connectivity index (χ1) is 14.6. The van der Waals surface area contributed by atoms with Gasteiger partial charge in [-0.25, -0.2) is 0 Å². The van der Waals surface area contributed by atoms with Crippen molar-refractivity contribution in [3.63, 3.8) is 0 Å². The molecule has 5 rings (SSSR count). The summed E-state index contributed by atoms with van der Waals surface area (Å²) in [6.07, 6.45) is 1.56. The molecule has 2 aromatic heterocycles. The second kappa shape index (κ2) is 6.91. The second-order valence-corrected chi connectivity index (χ2v) is 7.36. The van der Waals surface area contributed by atoms with Crippen molar-refractivity contribution in [3.8, 4) is 5.75 Å². The van der Waals surface area contributed by atoms with Gasteiger partial charge < -0.3 is 18.5 Å². The molecule has 0 N–H and O–H groups in total. The maximum atomic E-state index is 13.5. The Kier molecular flexibility index (Phi) is 4.20. The molecule has 0 bridgehead atoms. The zero-order valence-corrected chi connectivity index (χ0v) is 16.5. The van der Waals surface area contributed by atoms with Gasteiger partial charge in [0.1, 0.15) is 17.1 Å². The van der Waals surface area contributed by atoms with E-state index >= 15 is 0 Å². The van der Waals surface area contributed by atoms with Crippen LogP contribution in [-0.2, 0) is 6.54 Å². The van der Waals surface area contributed by atoms with Gasteiger partial charge in [0.25, 0.3) is 5.91 Å². The van der Waals surface area contributed by atoms with E-state index in [1.165, 1.54) is 0 Å². The van der Waals surface area contributed by atoms with Crippen molar-refractivity contribution in [2.45, 2.75) is 19.5 Å². The second-order valence-electron chi connectivity index (χ2n) is 7.36. The van der Waals surface area contributed by atoms with E-state index in [1.807, 2.05) is 37.3 Å². The van der Waals surface area contributed by atoms with Crippen LogP contribution < -0.4 is 10.2 Å². The minimum absolute atomic E-state index is 0.0868. The smallest absolute Gasteiger partial charge is 0.291 e. The summed E-state index contributed by atoms with van der Waals surface area (Å²) in [5.74, 6) is 1.08. The monoisotopic (exact) mass is 401 g/mol. The van der Waals surface area contributed by atoms with E-state index in [2.05, 4.69) is 0 Å². The summed E-state index contributed by atoms with van der Waals surface area (Å²) < 4.78 is 16.7. The third-order valence-corrected chi connectivity index (χ3v) is 5.46. The number of benzene rings is 2. The first-order valence-corrected chi connectivity index (χ1v) is 9.61. The number of nitrogens with zero attached hydrogens (tertiary/aromatic N) is 1. The lowest BCUT2D eigenvalue weighted by Crippen LogP contribution is -2.29. The average molecular weight is 401 g/mol. The van der Waals surface area contributed by atoms with Gasteiger partial charge in [0.05, 0.1) is 36.9 Å². The molecule has 1 unspecified atom stereocenters. The summed E-state index contributed by atoms with van der Waals surface area (Å²) in [6, 6.07) is 15.7. The van der Waals surface area contributed by atoms with Crippen LogP contribution in [0.15, 0.2) is 74.5 Å². The average Bonchev–Trinajstić information content (AvgIpc) is 3.37. The molecular formula is C24H19NO5. The molecule has 0 saturated heterocycles. The molecule has 4 aromatic rings. The Hall–Kier alpha value is -3.80. The number of ether oxygens (including phenoxy) is 1. The number of carbonyl (C=O) groups excluding carboxylic acids is 1. The van der Waals surface area contributed by atoms with Gasteiger partial charge in [-0.1, -0.05) is 23.8 Å². The van der Waals surface area contributed by atoms with Crippen molar-refractivity contribution >= 4 is 16.9 Å². The molecule has 1 atom stereocenters. The summed E-state index contributed by atoms with van der Waals surface area (Å²) in [5.41, 5.74) is 2.33. The minimum Gasteiger partial charge on any atom is -0.497 e. The Morgan fingerprint density at radius 3 is 2.57 bits per heavy atom. The van der Waals surface area contributed by atoms with Crippen molar-refractivity contribution in [1.82, 2.24) is 4.90 Å². The van der Waals surface area contributed by atoms with E-state index in [9.17, 15) is 9.59 Å². The van der Waals surface area contributed by atoms with Crippen molar-refractivity contribution < 1.29 is 18.4 Å². The summed E-state index contributed by atoms with van der Waals surface area (Å²) in [4.78, 5) is 28.4. The highest BCUT2D eigenvalue weighted by Gasteiger charge is 2.43. The zero-order valence-electron chi connectivity index (χ0n) is 16.5. The van der Waals surface area contributed by atoms with Crippen molar-refractivity contribution in [2.75, 3.05) is 7.11 Å². The van der Waals surface area contributed by atoms with Gasteiger partial charge in [-0.2, -0.15) is 0 Å². The Balaban J connectivity index is 1.73. The van der Waals surface area contributed by atoms with Crippen LogP contribution in [0.2, 0.25) is 0 Å². The van der Waals surface area contributed by atoms with Gasteiger partial charge in [-0.3, -0.25) is 9.59 Å². The quantitative estimate of drug-likeness (QED) is 0.505. The molecule has 1 aliphatic heterocycles. The molecular weight excluding hydrogens is 382 g/mol. The first kappa shape index (κ1) is 18.2. The Bertz CT molecular complexity index is 1300. The van der Waals surface area contributed by atoms with Gasteiger partial charge in [-0.15, -0.1) is 0 Å². The normalized spacial score (nSPS) is 15.6. The topological polar surface area (TPSA) is 72.9 Å². The molecule has 0 spiro atoms. The molecule has 150 valence electrons. The fourth-order valence-corrected chi connectivity index (χ4v) is 4.00. The molecule has 0 fully saturated rings. The summed E-state index contributed by atoms with van der Waals surface area (Å²) in [6.45, 7) is 2.14. The lowest BCUT2D eigenvalue weighted by molar-refractivity contribution is 0.0701. The molecule has 1 aliphatic rings. The highest BCUT2D eigenvalue weighted by molar-refractivity contribution is 5.99. The summed E-state index contributed by atoms with van der Waals surface area (Å²) in [7, 11) is 1.59. The molecule has 0 saturated carbocycles. The largest absolute Gasteiger partial charge is 0.497 e. The molecule has 30 heavy (non-hydrogen) atoms. The maximum Gasteiger partial charge on any atom is 0.291 e. The number of amides is 1. The third-order valence-electron chi connectivity index (χ3n) is 5.46. The highest BCUT2D eigenvalue weighted by Crippen LogP contribution is 2.39. The van der Waals surface area contributed by atoms with Gasteiger partial charge >= 0.3 is 0 Å². The van der Waals surface area contributed by atoms with E-state index in [0.29, 0.717) is 28.0 Å². The van der Waals surface area contributed by atoms with Crippen LogP contribution >= 0.6 is 0 Å². The van der Waals surface area contributed by atoms with E-state index < -0.39 is 6.04 Å². The number of rotatable bonds is 4.